The van der Waals surface area contributed by atoms with Gasteiger partial charge in [0.05, 0.1) is 34.8 Å². The van der Waals surface area contributed by atoms with Crippen molar-refractivity contribution in [1.29, 1.82) is 0 Å². The molecule has 226 valence electrons. The number of pyridine rings is 1. The maximum atomic E-state index is 14.9. The van der Waals surface area contributed by atoms with E-state index in [9.17, 15) is 27.2 Å². The zero-order chi connectivity index (χ0) is 31.0. The second-order valence-electron chi connectivity index (χ2n) is 11.2. The predicted octanol–water partition coefficient (Wildman–Crippen LogP) is 6.82. The van der Waals surface area contributed by atoms with Crippen molar-refractivity contribution in [3.05, 3.63) is 112 Å². The summed E-state index contributed by atoms with van der Waals surface area (Å²) >= 11 is 6.10. The first-order valence-electron chi connectivity index (χ1n) is 13.8. The molecule has 2 aliphatic carbocycles. The molecule has 0 radical (unpaired) electrons. The van der Waals surface area contributed by atoms with Crippen LogP contribution in [0, 0.1) is 23.1 Å². The molecule has 1 saturated carbocycles. The molecule has 0 saturated heterocycles. The van der Waals surface area contributed by atoms with Crippen LogP contribution in [0.3, 0.4) is 0 Å². The van der Waals surface area contributed by atoms with E-state index >= 15 is 0 Å². The van der Waals surface area contributed by atoms with E-state index in [1.54, 1.807) is 37.3 Å². The fourth-order valence-corrected chi connectivity index (χ4v) is 6.46. The third-order valence-corrected chi connectivity index (χ3v) is 8.52. The van der Waals surface area contributed by atoms with Crippen LogP contribution in [0.1, 0.15) is 42.7 Å². The minimum atomic E-state index is -4.86. The second-order valence-corrected chi connectivity index (χ2v) is 11.7. The van der Waals surface area contributed by atoms with E-state index in [4.69, 9.17) is 16.3 Å². The molecule has 1 heterocycles. The number of alkyl halides is 3. The summed E-state index contributed by atoms with van der Waals surface area (Å²) in [5, 5.41) is 6.05. The monoisotopic (exact) mass is 615 g/mol. The van der Waals surface area contributed by atoms with Gasteiger partial charge < -0.3 is 15.4 Å². The van der Waals surface area contributed by atoms with Crippen molar-refractivity contribution in [2.45, 2.75) is 44.4 Å². The van der Waals surface area contributed by atoms with Crippen molar-refractivity contribution in [3.63, 3.8) is 0 Å². The summed E-state index contributed by atoms with van der Waals surface area (Å²) in [6.07, 6.45) is 0.885. The number of amides is 2. The van der Waals surface area contributed by atoms with Gasteiger partial charge in [0.25, 0.3) is 0 Å². The van der Waals surface area contributed by atoms with E-state index in [-0.39, 0.29) is 35.2 Å². The highest BCUT2D eigenvalue weighted by atomic mass is 35.5. The molecular formula is C32H30ClF4N3O3. The highest BCUT2D eigenvalue weighted by molar-refractivity contribution is 6.30. The Labute approximate surface area is 251 Å². The summed E-state index contributed by atoms with van der Waals surface area (Å²) < 4.78 is 62.0. The Kier molecular flexibility index (Phi) is 8.26. The summed E-state index contributed by atoms with van der Waals surface area (Å²) in [4.78, 5) is 31.3. The normalized spacial score (nSPS) is 23.9. The minimum Gasteiger partial charge on any atom is -0.466 e. The van der Waals surface area contributed by atoms with Crippen LogP contribution in [-0.4, -0.2) is 29.6 Å². The first-order chi connectivity index (χ1) is 20.3. The highest BCUT2D eigenvalue weighted by Gasteiger charge is 2.56. The molecule has 2 amide bonds. The number of carbonyl (C=O) groups is 2. The molecule has 6 nitrogen and oxygen atoms in total. The van der Waals surface area contributed by atoms with Crippen LogP contribution in [0.5, 0.6) is 0 Å². The lowest BCUT2D eigenvalue weighted by Crippen LogP contribution is -2.58. The number of benzene rings is 2. The SMILES string of the molecule is CCOC(=O)[C@H]1[C@H]2C=C[C@](C)(C2)[C@H]1NC(=O)N[C@](Cc1ccccc1)(c1cc(F)cc(C(F)(F)F)c1)c1ccc(Cl)cn1. The molecule has 43 heavy (non-hydrogen) atoms. The Morgan fingerprint density at radius 1 is 1.09 bits per heavy atom. The zero-order valence-corrected chi connectivity index (χ0v) is 24.2. The lowest BCUT2D eigenvalue weighted by molar-refractivity contribution is -0.149. The number of allylic oxidation sites excluding steroid dienone is 1. The highest BCUT2D eigenvalue weighted by Crippen LogP contribution is 2.52. The zero-order valence-electron chi connectivity index (χ0n) is 23.4. The fourth-order valence-electron chi connectivity index (χ4n) is 6.35. The van der Waals surface area contributed by atoms with Gasteiger partial charge in [0.1, 0.15) is 11.4 Å². The molecule has 2 N–H and O–H groups in total. The van der Waals surface area contributed by atoms with Gasteiger partial charge in [-0.05, 0) is 60.7 Å². The largest absolute Gasteiger partial charge is 0.466 e. The second kappa shape index (κ2) is 11.6. The van der Waals surface area contributed by atoms with Gasteiger partial charge in [-0.25, -0.2) is 9.18 Å². The van der Waals surface area contributed by atoms with Crippen molar-refractivity contribution in [1.82, 2.24) is 15.6 Å². The van der Waals surface area contributed by atoms with Crippen LogP contribution in [0.4, 0.5) is 22.4 Å². The number of carbonyl (C=O) groups excluding carboxylic acids is 2. The number of urea groups is 1. The number of hydrogen-bond donors (Lipinski definition) is 2. The average Bonchev–Trinajstić information content (AvgIpc) is 3.47. The molecular weight excluding hydrogens is 586 g/mol. The standard InChI is InChI=1S/C32H30ClF4N3O3/c1-3-43-28(41)26-20-11-12-30(2,17-20)27(26)39-29(42)40-31(16-19-7-5-4-6-8-19,25-10-9-23(33)18-38-25)21-13-22(32(35,36)37)15-24(34)14-21/h4-15,18,20,26-27H,3,16-17H2,1-2H3,(H2,39,40,42)/t20-,26-,27-,30+,31+/m0/s1. The number of aromatic nitrogens is 1. The summed E-state index contributed by atoms with van der Waals surface area (Å²) in [5.41, 5.74) is -2.96. The first-order valence-corrected chi connectivity index (χ1v) is 14.2. The smallest absolute Gasteiger partial charge is 0.416 e. The molecule has 2 aromatic carbocycles. The van der Waals surface area contributed by atoms with Gasteiger partial charge in [-0.2, -0.15) is 13.2 Å². The van der Waals surface area contributed by atoms with Gasteiger partial charge in [0, 0.05) is 18.0 Å². The van der Waals surface area contributed by atoms with E-state index < -0.39 is 52.5 Å². The number of ether oxygens (including phenoxy) is 1. The Hall–Kier alpha value is -3.92. The molecule has 0 spiro atoms. The summed E-state index contributed by atoms with van der Waals surface area (Å²) in [6, 6.07) is 12.5. The molecule has 5 atom stereocenters. The number of esters is 1. The van der Waals surface area contributed by atoms with E-state index in [1.165, 1.54) is 18.3 Å². The van der Waals surface area contributed by atoms with Gasteiger partial charge in [0.15, 0.2) is 0 Å². The Balaban J connectivity index is 1.62. The Morgan fingerprint density at radius 3 is 2.47 bits per heavy atom. The number of hydrogen-bond acceptors (Lipinski definition) is 4. The number of halogens is 5. The Morgan fingerprint density at radius 2 is 1.81 bits per heavy atom. The van der Waals surface area contributed by atoms with Gasteiger partial charge in [0.2, 0.25) is 0 Å². The van der Waals surface area contributed by atoms with Crippen LogP contribution in [-0.2, 0) is 27.7 Å². The molecule has 5 rings (SSSR count). The molecule has 11 heteroatoms. The molecule has 0 unspecified atom stereocenters. The van der Waals surface area contributed by atoms with Crippen LogP contribution in [0.25, 0.3) is 0 Å². The average molecular weight is 616 g/mol. The van der Waals surface area contributed by atoms with E-state index in [0.717, 1.165) is 12.1 Å². The van der Waals surface area contributed by atoms with Gasteiger partial charge >= 0.3 is 18.2 Å². The molecule has 1 aromatic heterocycles. The fraction of sp³-hybridized carbons (Fsp3) is 0.344. The van der Waals surface area contributed by atoms with Crippen molar-refractivity contribution >= 4 is 23.6 Å². The maximum Gasteiger partial charge on any atom is 0.416 e. The first kappa shape index (κ1) is 30.5. The Bertz CT molecular complexity index is 1530. The van der Waals surface area contributed by atoms with Crippen molar-refractivity contribution < 1.29 is 31.9 Å². The topological polar surface area (TPSA) is 80.3 Å². The number of nitrogens with zero attached hydrogens (tertiary/aromatic N) is 1. The number of fused-ring (bicyclic) bond motifs is 2. The lowest BCUT2D eigenvalue weighted by Gasteiger charge is -2.38. The van der Waals surface area contributed by atoms with E-state index in [1.807, 2.05) is 19.1 Å². The molecule has 1 fully saturated rings. The minimum absolute atomic E-state index is 0.0809. The van der Waals surface area contributed by atoms with Crippen molar-refractivity contribution in [2.75, 3.05) is 6.61 Å². The van der Waals surface area contributed by atoms with Crippen LogP contribution < -0.4 is 10.6 Å². The van der Waals surface area contributed by atoms with Crippen molar-refractivity contribution in [3.8, 4) is 0 Å². The third kappa shape index (κ3) is 6.11. The summed E-state index contributed by atoms with van der Waals surface area (Å²) in [7, 11) is 0. The molecule has 2 bridgehead atoms. The van der Waals surface area contributed by atoms with Crippen molar-refractivity contribution in [2.24, 2.45) is 17.3 Å². The third-order valence-electron chi connectivity index (χ3n) is 8.30. The van der Waals surface area contributed by atoms with Gasteiger partial charge in [-0.3, -0.25) is 9.78 Å². The number of nitrogens with one attached hydrogen (secondary N) is 2. The van der Waals surface area contributed by atoms with Gasteiger partial charge in [-0.15, -0.1) is 0 Å². The molecule has 2 aliphatic rings. The van der Waals surface area contributed by atoms with E-state index in [0.29, 0.717) is 18.1 Å². The van der Waals surface area contributed by atoms with Gasteiger partial charge in [-0.1, -0.05) is 61.0 Å². The van der Waals surface area contributed by atoms with Crippen LogP contribution in [0.2, 0.25) is 5.02 Å². The molecule has 0 aliphatic heterocycles. The maximum absolute atomic E-state index is 14.9. The summed E-state index contributed by atoms with van der Waals surface area (Å²) in [6.45, 7) is 3.79. The molecule has 3 aromatic rings. The lowest BCUT2D eigenvalue weighted by atomic mass is 9.79. The van der Waals surface area contributed by atoms with Crippen LogP contribution >= 0.6 is 11.6 Å². The van der Waals surface area contributed by atoms with Crippen LogP contribution in [0.15, 0.2) is 79.0 Å². The quantitative estimate of drug-likeness (QED) is 0.166. The van der Waals surface area contributed by atoms with E-state index in [2.05, 4.69) is 15.6 Å². The summed E-state index contributed by atoms with van der Waals surface area (Å²) in [5.74, 6) is -2.37. The predicted molar refractivity (Wildman–Crippen MR) is 153 cm³/mol. The number of rotatable bonds is 8.